The van der Waals surface area contributed by atoms with Crippen LogP contribution < -0.4 is 0 Å². The van der Waals surface area contributed by atoms with Gasteiger partial charge in [0.15, 0.2) is 12.2 Å². The minimum Gasteiger partial charge on any atom is -0.462 e. The summed E-state index contributed by atoms with van der Waals surface area (Å²) in [5.74, 6) is -2.24. The number of phosphoric ester groups is 2. The van der Waals surface area contributed by atoms with Crippen LogP contribution in [0.2, 0.25) is 0 Å². The van der Waals surface area contributed by atoms with Gasteiger partial charge in [0.05, 0.1) is 26.4 Å². The Labute approximate surface area is 634 Å². The van der Waals surface area contributed by atoms with Gasteiger partial charge in [-0.3, -0.25) is 37.3 Å². The van der Waals surface area contributed by atoms with E-state index in [9.17, 15) is 43.2 Å². The van der Waals surface area contributed by atoms with Crippen LogP contribution in [0.3, 0.4) is 0 Å². The first-order chi connectivity index (χ1) is 50.7. The van der Waals surface area contributed by atoms with Crippen molar-refractivity contribution in [3.63, 3.8) is 0 Å². The van der Waals surface area contributed by atoms with Crippen molar-refractivity contribution in [2.24, 2.45) is 0 Å². The molecule has 0 radical (unpaired) electrons. The fourth-order valence-corrected chi connectivity index (χ4v) is 13.3. The zero-order valence-corrected chi connectivity index (χ0v) is 68.2. The van der Waals surface area contributed by atoms with Crippen LogP contribution in [0, 0.1) is 0 Å². The molecule has 104 heavy (non-hydrogen) atoms. The lowest BCUT2D eigenvalue weighted by Gasteiger charge is -2.21. The molecule has 0 heterocycles. The van der Waals surface area contributed by atoms with Crippen LogP contribution in [0.4, 0.5) is 0 Å². The Morgan fingerprint density at radius 3 is 0.817 bits per heavy atom. The molecule has 606 valence electrons. The molecular weight excluding hydrogens is 1350 g/mol. The van der Waals surface area contributed by atoms with Gasteiger partial charge in [-0.05, 0) is 89.9 Å². The SMILES string of the molecule is CCCCC/C=C\C/C=C\C/C=C\C/C=C\C/C=C\CCC(=O)O[C@H](COC(=O)CCCCCCCCCCCCCCCCC)COP(=O)(O)OC[C@@H](O)COP(=O)(O)OC[C@@H](COC(=O)CCCCCCCCCCCCCCCCC)OC(=O)CCCCCCCCC/C=C\CCCCCC. The van der Waals surface area contributed by atoms with E-state index in [1.54, 1.807) is 0 Å². The molecule has 0 saturated heterocycles. The zero-order valence-electron chi connectivity index (χ0n) is 66.5. The molecule has 3 N–H and O–H groups in total. The summed E-state index contributed by atoms with van der Waals surface area (Å²) in [6, 6.07) is 0. The number of esters is 4. The molecule has 0 bridgehead atoms. The van der Waals surface area contributed by atoms with Gasteiger partial charge < -0.3 is 33.8 Å². The normalized spacial score (nSPS) is 14.2. The number of carbonyl (C=O) groups excluding carboxylic acids is 4. The second-order valence-electron chi connectivity index (χ2n) is 28.4. The lowest BCUT2D eigenvalue weighted by atomic mass is 10.0. The molecule has 0 rings (SSSR count). The summed E-state index contributed by atoms with van der Waals surface area (Å²) in [5.41, 5.74) is 0. The molecule has 0 spiro atoms. The van der Waals surface area contributed by atoms with Crippen molar-refractivity contribution in [1.82, 2.24) is 0 Å². The van der Waals surface area contributed by atoms with E-state index in [4.69, 9.17) is 37.0 Å². The third kappa shape index (κ3) is 76.7. The van der Waals surface area contributed by atoms with Gasteiger partial charge in [0.1, 0.15) is 19.3 Å². The molecule has 0 aromatic carbocycles. The second-order valence-corrected chi connectivity index (χ2v) is 31.3. The number of hydrogen-bond acceptors (Lipinski definition) is 15. The van der Waals surface area contributed by atoms with Gasteiger partial charge >= 0.3 is 39.5 Å². The molecular formula is C85H154O17P2. The zero-order chi connectivity index (χ0) is 76.0. The molecule has 0 saturated carbocycles. The van der Waals surface area contributed by atoms with Crippen molar-refractivity contribution in [3.05, 3.63) is 72.9 Å². The van der Waals surface area contributed by atoms with E-state index in [1.807, 2.05) is 18.2 Å². The van der Waals surface area contributed by atoms with Crippen molar-refractivity contribution in [2.45, 2.75) is 406 Å². The van der Waals surface area contributed by atoms with E-state index in [-0.39, 0.29) is 25.7 Å². The number of rotatable bonds is 80. The molecule has 0 aromatic rings. The largest absolute Gasteiger partial charge is 0.472 e. The molecule has 0 aliphatic carbocycles. The summed E-state index contributed by atoms with van der Waals surface area (Å²) < 4.78 is 68.7. The van der Waals surface area contributed by atoms with Crippen molar-refractivity contribution in [2.75, 3.05) is 39.6 Å². The predicted octanol–water partition coefficient (Wildman–Crippen LogP) is 24.8. The second kappa shape index (κ2) is 77.7. The maximum absolute atomic E-state index is 13.1. The van der Waals surface area contributed by atoms with Crippen LogP contribution in [0.5, 0.6) is 0 Å². The molecule has 5 atom stereocenters. The third-order valence-electron chi connectivity index (χ3n) is 18.2. The maximum atomic E-state index is 13.1. The fourth-order valence-electron chi connectivity index (χ4n) is 11.7. The number of allylic oxidation sites excluding steroid dienone is 12. The van der Waals surface area contributed by atoms with E-state index >= 15 is 0 Å². The van der Waals surface area contributed by atoms with E-state index in [1.165, 1.54) is 186 Å². The van der Waals surface area contributed by atoms with Gasteiger partial charge in [0.25, 0.3) is 0 Å². The summed E-state index contributed by atoms with van der Waals surface area (Å²) in [5, 5.41) is 10.7. The van der Waals surface area contributed by atoms with Gasteiger partial charge in [-0.2, -0.15) is 0 Å². The Balaban J connectivity index is 5.40. The lowest BCUT2D eigenvalue weighted by Crippen LogP contribution is -2.30. The number of hydrogen-bond donors (Lipinski definition) is 3. The first kappa shape index (κ1) is 100. The van der Waals surface area contributed by atoms with Crippen molar-refractivity contribution in [3.8, 4) is 0 Å². The number of phosphoric acid groups is 2. The number of aliphatic hydroxyl groups excluding tert-OH is 1. The summed E-state index contributed by atoms with van der Waals surface area (Å²) in [6.45, 7) is 4.84. The minimum absolute atomic E-state index is 0.0240. The maximum Gasteiger partial charge on any atom is 0.472 e. The molecule has 17 nitrogen and oxygen atoms in total. The summed E-state index contributed by atoms with van der Waals surface area (Å²) in [7, 11) is -9.97. The van der Waals surface area contributed by atoms with Crippen LogP contribution in [-0.4, -0.2) is 96.7 Å². The van der Waals surface area contributed by atoms with Crippen LogP contribution in [0.1, 0.15) is 387 Å². The molecule has 2 unspecified atom stereocenters. The Morgan fingerprint density at radius 2 is 0.490 bits per heavy atom. The monoisotopic (exact) mass is 1510 g/mol. The standard InChI is InChI=1S/C85H154O17P2/c1-5-9-13-17-21-25-29-33-37-38-39-40-44-48-52-56-60-64-68-72-85(90)102-81(76-96-83(88)70-66-62-58-54-50-46-42-35-31-27-23-19-15-11-7-3)78-100-104(93,94)98-74-79(86)73-97-103(91,92)99-77-80(101-84(89)71-67-63-59-55-51-47-43-36-32-28-24-20-16-12-8-4)75-95-82(87)69-65-61-57-53-49-45-41-34-30-26-22-18-14-10-6-2/h21,25,28,32-33,37,39-40,48,52,60,64,79-81,86H,5-20,22-24,26-27,29-31,34-36,38,41-47,49-51,53-59,61-63,65-78H2,1-4H3,(H,91,92)(H,93,94)/b25-21-,32-28-,37-33-,40-39-,52-48-,64-60-/t79-,80+,81+/m0/s1. The Bertz CT molecular complexity index is 2250. The molecule has 0 aliphatic rings. The van der Waals surface area contributed by atoms with Crippen LogP contribution >= 0.6 is 15.6 Å². The van der Waals surface area contributed by atoms with Gasteiger partial charge in [0.2, 0.25) is 0 Å². The number of carbonyl (C=O) groups is 4. The Hall–Kier alpha value is -3.50. The molecule has 0 amide bonds. The average Bonchev–Trinajstić information content (AvgIpc) is 0.943. The number of aliphatic hydroxyl groups is 1. The van der Waals surface area contributed by atoms with Crippen LogP contribution in [0.15, 0.2) is 72.9 Å². The quantitative estimate of drug-likeness (QED) is 0.0169. The predicted molar refractivity (Wildman–Crippen MR) is 427 cm³/mol. The van der Waals surface area contributed by atoms with Crippen LogP contribution in [-0.2, 0) is 65.4 Å². The van der Waals surface area contributed by atoms with Crippen LogP contribution in [0.25, 0.3) is 0 Å². The minimum atomic E-state index is -4.99. The topological polar surface area (TPSA) is 237 Å². The molecule has 19 heteroatoms. The highest BCUT2D eigenvalue weighted by atomic mass is 31.2. The van der Waals surface area contributed by atoms with Gasteiger partial charge in [-0.15, -0.1) is 0 Å². The van der Waals surface area contributed by atoms with Crippen molar-refractivity contribution >= 4 is 39.5 Å². The molecule has 0 aliphatic heterocycles. The van der Waals surface area contributed by atoms with E-state index in [0.29, 0.717) is 32.1 Å². The lowest BCUT2D eigenvalue weighted by molar-refractivity contribution is -0.161. The average molecular weight is 1510 g/mol. The highest BCUT2D eigenvalue weighted by Gasteiger charge is 2.30. The molecule has 0 aromatic heterocycles. The Morgan fingerprint density at radius 1 is 0.269 bits per heavy atom. The first-order valence-corrected chi connectivity index (χ1v) is 45.2. The first-order valence-electron chi connectivity index (χ1n) is 42.2. The highest BCUT2D eigenvalue weighted by molar-refractivity contribution is 7.47. The van der Waals surface area contributed by atoms with Gasteiger partial charge in [-0.25, -0.2) is 9.13 Å². The number of ether oxygens (including phenoxy) is 4. The molecule has 0 fully saturated rings. The summed E-state index contributed by atoms with van der Waals surface area (Å²) in [6.07, 6.45) is 80.2. The summed E-state index contributed by atoms with van der Waals surface area (Å²) in [4.78, 5) is 73.1. The van der Waals surface area contributed by atoms with Gasteiger partial charge in [0, 0.05) is 25.7 Å². The van der Waals surface area contributed by atoms with E-state index in [2.05, 4.69) is 82.4 Å². The van der Waals surface area contributed by atoms with Crippen molar-refractivity contribution < 1.29 is 80.2 Å². The van der Waals surface area contributed by atoms with E-state index in [0.717, 1.165) is 116 Å². The Kier molecular flexibility index (Phi) is 75.0. The summed E-state index contributed by atoms with van der Waals surface area (Å²) >= 11 is 0. The smallest absolute Gasteiger partial charge is 0.462 e. The van der Waals surface area contributed by atoms with Crippen molar-refractivity contribution in [1.29, 1.82) is 0 Å². The van der Waals surface area contributed by atoms with Gasteiger partial charge in [-0.1, -0.05) is 345 Å². The highest BCUT2D eigenvalue weighted by Crippen LogP contribution is 2.45. The van der Waals surface area contributed by atoms with E-state index < -0.39 is 97.5 Å². The fraction of sp³-hybridized carbons (Fsp3) is 0.812. The number of unbranched alkanes of at least 4 members (excludes halogenated alkanes) is 42. The third-order valence-corrected chi connectivity index (χ3v) is 20.1.